The van der Waals surface area contributed by atoms with Gasteiger partial charge in [0, 0.05) is 12.0 Å². The van der Waals surface area contributed by atoms with Crippen molar-refractivity contribution in [3.8, 4) is 0 Å². The summed E-state index contributed by atoms with van der Waals surface area (Å²) in [5.74, 6) is -1.50. The quantitative estimate of drug-likeness (QED) is 0.572. The van der Waals surface area contributed by atoms with Gasteiger partial charge in [-0.2, -0.15) is 0 Å². The molecule has 3 aromatic rings. The zero-order chi connectivity index (χ0) is 20.6. The van der Waals surface area contributed by atoms with Gasteiger partial charge in [-0.15, -0.1) is 0 Å². The van der Waals surface area contributed by atoms with E-state index >= 15 is 0 Å². The van der Waals surface area contributed by atoms with Gasteiger partial charge in [0.15, 0.2) is 5.76 Å². The zero-order valence-corrected chi connectivity index (χ0v) is 15.5. The average Bonchev–Trinajstić information content (AvgIpc) is 3.27. The van der Waals surface area contributed by atoms with Crippen LogP contribution in [0.3, 0.4) is 0 Å². The van der Waals surface area contributed by atoms with Crippen LogP contribution in [0.5, 0.6) is 0 Å². The molecule has 0 bridgehead atoms. The van der Waals surface area contributed by atoms with Crippen LogP contribution in [0.25, 0.3) is 0 Å². The Morgan fingerprint density at radius 1 is 0.931 bits per heavy atom. The van der Waals surface area contributed by atoms with E-state index in [1.807, 2.05) is 30.3 Å². The Kier molecular flexibility index (Phi) is 6.42. The van der Waals surface area contributed by atoms with Crippen LogP contribution in [-0.4, -0.2) is 23.8 Å². The number of carbonyl (C=O) groups is 3. The summed E-state index contributed by atoms with van der Waals surface area (Å²) in [7, 11) is 0. The van der Waals surface area contributed by atoms with Gasteiger partial charge >= 0.3 is 5.97 Å². The zero-order valence-electron chi connectivity index (χ0n) is 15.5. The van der Waals surface area contributed by atoms with Gasteiger partial charge in [-0.1, -0.05) is 42.5 Å². The second-order valence-corrected chi connectivity index (χ2v) is 6.36. The lowest BCUT2D eigenvalue weighted by Crippen LogP contribution is -2.43. The van der Waals surface area contributed by atoms with Crippen molar-refractivity contribution in [2.45, 2.75) is 19.1 Å². The monoisotopic (exact) mass is 392 g/mol. The smallest absolute Gasteiger partial charge is 0.329 e. The van der Waals surface area contributed by atoms with Crippen LogP contribution >= 0.6 is 0 Å². The number of benzene rings is 2. The summed E-state index contributed by atoms with van der Waals surface area (Å²) in [6.07, 6.45) is 1.65. The van der Waals surface area contributed by atoms with Gasteiger partial charge in [0.2, 0.25) is 5.91 Å². The van der Waals surface area contributed by atoms with Gasteiger partial charge in [-0.05, 0) is 35.4 Å². The summed E-state index contributed by atoms with van der Waals surface area (Å²) < 4.78 is 10.5. The number of carbonyl (C=O) groups excluding carboxylic acids is 3. The molecule has 0 aliphatic heterocycles. The van der Waals surface area contributed by atoms with E-state index in [1.54, 1.807) is 30.3 Å². The number of nitrogens with one attached hydrogen (secondary N) is 1. The van der Waals surface area contributed by atoms with Gasteiger partial charge in [0.05, 0.1) is 6.26 Å². The van der Waals surface area contributed by atoms with E-state index in [1.165, 1.54) is 12.3 Å². The summed E-state index contributed by atoms with van der Waals surface area (Å²) in [5.41, 5.74) is 7.15. The molecule has 3 N–H and O–H groups in total. The highest BCUT2D eigenvalue weighted by Gasteiger charge is 2.24. The molecule has 0 unspecified atom stereocenters. The molecule has 0 spiro atoms. The predicted molar refractivity (Wildman–Crippen MR) is 105 cm³/mol. The highest BCUT2D eigenvalue weighted by molar-refractivity contribution is 5.94. The topological polar surface area (TPSA) is 112 Å². The van der Waals surface area contributed by atoms with Crippen LogP contribution in [0, 0.1) is 0 Å². The Morgan fingerprint density at radius 2 is 1.66 bits per heavy atom. The average molecular weight is 392 g/mol. The second kappa shape index (κ2) is 9.36. The minimum atomic E-state index is -0.889. The van der Waals surface area contributed by atoms with Crippen molar-refractivity contribution < 1.29 is 23.5 Å². The number of primary amides is 1. The van der Waals surface area contributed by atoms with Gasteiger partial charge in [-0.3, -0.25) is 9.59 Å². The molecule has 7 nitrogen and oxygen atoms in total. The highest BCUT2D eigenvalue weighted by Crippen LogP contribution is 2.10. The fourth-order valence-corrected chi connectivity index (χ4v) is 2.70. The van der Waals surface area contributed by atoms with Crippen molar-refractivity contribution in [3.05, 3.63) is 95.4 Å². The molecule has 2 aromatic carbocycles. The van der Waals surface area contributed by atoms with Crippen LogP contribution in [0.4, 0.5) is 0 Å². The van der Waals surface area contributed by atoms with Crippen molar-refractivity contribution in [2.75, 3.05) is 0 Å². The lowest BCUT2D eigenvalue weighted by molar-refractivity contribution is -0.147. The van der Waals surface area contributed by atoms with E-state index in [0.29, 0.717) is 11.1 Å². The molecule has 2 amide bonds. The SMILES string of the molecule is NC(=O)c1ccc(COC(=O)[C@H](Cc2ccccc2)NC(=O)c2ccco2)cc1. The van der Waals surface area contributed by atoms with Gasteiger partial charge in [-0.25, -0.2) is 4.79 Å². The number of furan rings is 1. The molecule has 0 radical (unpaired) electrons. The molecule has 3 rings (SSSR count). The molecule has 0 saturated heterocycles. The van der Waals surface area contributed by atoms with Crippen LogP contribution in [0.1, 0.15) is 32.0 Å². The number of rotatable bonds is 8. The summed E-state index contributed by atoms with van der Waals surface area (Å²) in [4.78, 5) is 36.1. The third-order valence-corrected chi connectivity index (χ3v) is 4.24. The number of ether oxygens (including phenoxy) is 1. The molecule has 0 saturated carbocycles. The molecule has 148 valence electrons. The fourth-order valence-electron chi connectivity index (χ4n) is 2.70. The molecule has 0 fully saturated rings. The molecule has 1 heterocycles. The molecular weight excluding hydrogens is 372 g/mol. The fraction of sp³-hybridized carbons (Fsp3) is 0.136. The summed E-state index contributed by atoms with van der Waals surface area (Å²) in [5, 5.41) is 2.66. The Morgan fingerprint density at radius 3 is 2.28 bits per heavy atom. The number of nitrogens with two attached hydrogens (primary N) is 1. The van der Waals surface area contributed by atoms with Gasteiger partial charge in [0.25, 0.3) is 5.91 Å². The number of hydrogen-bond acceptors (Lipinski definition) is 5. The molecule has 0 aliphatic rings. The molecule has 7 heteroatoms. The predicted octanol–water partition coefficient (Wildman–Crippen LogP) is 2.46. The maximum Gasteiger partial charge on any atom is 0.329 e. The third-order valence-electron chi connectivity index (χ3n) is 4.24. The Bertz CT molecular complexity index is 966. The number of esters is 1. The molecule has 0 aliphatic carbocycles. The van der Waals surface area contributed by atoms with Gasteiger partial charge < -0.3 is 20.2 Å². The summed E-state index contributed by atoms with van der Waals surface area (Å²) in [6.45, 7) is -0.000211. The van der Waals surface area contributed by atoms with Crippen molar-refractivity contribution in [3.63, 3.8) is 0 Å². The molecule has 1 aromatic heterocycles. The Labute approximate surface area is 167 Å². The lowest BCUT2D eigenvalue weighted by Gasteiger charge is -2.17. The van der Waals surface area contributed by atoms with Gasteiger partial charge in [0.1, 0.15) is 12.6 Å². The van der Waals surface area contributed by atoms with E-state index in [-0.39, 0.29) is 18.8 Å². The highest BCUT2D eigenvalue weighted by atomic mass is 16.5. The minimum Gasteiger partial charge on any atom is -0.459 e. The molecule has 29 heavy (non-hydrogen) atoms. The first-order valence-corrected chi connectivity index (χ1v) is 8.96. The first-order chi connectivity index (χ1) is 14.0. The van der Waals surface area contributed by atoms with Crippen LogP contribution in [0.15, 0.2) is 77.4 Å². The first-order valence-electron chi connectivity index (χ1n) is 8.96. The third kappa shape index (κ3) is 5.55. The van der Waals surface area contributed by atoms with Crippen molar-refractivity contribution >= 4 is 17.8 Å². The van der Waals surface area contributed by atoms with Crippen LogP contribution in [-0.2, 0) is 22.6 Å². The van der Waals surface area contributed by atoms with Crippen molar-refractivity contribution in [1.29, 1.82) is 0 Å². The van der Waals surface area contributed by atoms with Crippen molar-refractivity contribution in [1.82, 2.24) is 5.32 Å². The first kappa shape index (κ1) is 19.9. The maximum atomic E-state index is 12.7. The lowest BCUT2D eigenvalue weighted by atomic mass is 10.1. The molecular formula is C22H20N2O5. The van der Waals surface area contributed by atoms with E-state index in [9.17, 15) is 14.4 Å². The van der Waals surface area contributed by atoms with E-state index in [4.69, 9.17) is 14.9 Å². The molecule has 1 atom stereocenters. The standard InChI is InChI=1S/C22H20N2O5/c23-20(25)17-10-8-16(9-11-17)14-29-22(27)18(13-15-5-2-1-3-6-15)24-21(26)19-7-4-12-28-19/h1-12,18H,13-14H2,(H2,23,25)(H,24,26)/t18-/m0/s1. The largest absolute Gasteiger partial charge is 0.459 e. The second-order valence-electron chi connectivity index (χ2n) is 6.36. The number of amides is 2. The van der Waals surface area contributed by atoms with E-state index in [2.05, 4.69) is 5.32 Å². The Balaban J connectivity index is 1.67. The summed E-state index contributed by atoms with van der Waals surface area (Å²) >= 11 is 0. The Hall–Kier alpha value is -3.87. The van der Waals surface area contributed by atoms with E-state index in [0.717, 1.165) is 5.56 Å². The number of hydrogen-bond donors (Lipinski definition) is 2. The minimum absolute atomic E-state index is 0.000211. The maximum absolute atomic E-state index is 12.7. The van der Waals surface area contributed by atoms with Crippen LogP contribution in [0.2, 0.25) is 0 Å². The normalized spacial score (nSPS) is 11.4. The van der Waals surface area contributed by atoms with Crippen LogP contribution < -0.4 is 11.1 Å². The summed E-state index contributed by atoms with van der Waals surface area (Å²) in [6, 6.07) is 17.9. The van der Waals surface area contributed by atoms with E-state index < -0.39 is 23.8 Å². The van der Waals surface area contributed by atoms with Crippen molar-refractivity contribution in [2.24, 2.45) is 5.73 Å².